The van der Waals surface area contributed by atoms with Crippen molar-refractivity contribution in [2.24, 2.45) is 0 Å². The molecule has 4 rings (SSSR count). The van der Waals surface area contributed by atoms with Gasteiger partial charge in [0.25, 0.3) is 0 Å². The second-order valence-electron chi connectivity index (χ2n) is 7.19. The van der Waals surface area contributed by atoms with E-state index in [-0.39, 0.29) is 34.0 Å². The summed E-state index contributed by atoms with van der Waals surface area (Å²) in [7, 11) is 0. The van der Waals surface area contributed by atoms with Gasteiger partial charge in [-0.15, -0.1) is 0 Å². The summed E-state index contributed by atoms with van der Waals surface area (Å²) in [5.41, 5.74) is 0.327. The average Bonchev–Trinajstić information content (AvgIpc) is 3.18. The van der Waals surface area contributed by atoms with E-state index in [2.05, 4.69) is 20.4 Å². The SMILES string of the molecule is Cc1ccc(F)c(-c2noc(NC(=O)Cc3ccccc3C(F)(F)F)c2-c2ccncn2)c1. The predicted octanol–water partition coefficient (Wildman–Crippen LogP) is 5.45. The number of nitrogens with zero attached hydrogens (tertiary/aromatic N) is 3. The fourth-order valence-corrected chi connectivity index (χ4v) is 3.35. The zero-order valence-corrected chi connectivity index (χ0v) is 17.2. The third-order valence-electron chi connectivity index (χ3n) is 4.83. The fourth-order valence-electron chi connectivity index (χ4n) is 3.35. The Morgan fingerprint density at radius 1 is 1.12 bits per heavy atom. The number of carbonyl (C=O) groups excluding carboxylic acids is 1. The number of aromatic nitrogens is 3. The standard InChI is InChI=1S/C23H16F4N4O2/c1-13-6-7-17(24)15(10-13)21-20(18-8-9-28-12-29-18)22(33-31-21)30-19(32)11-14-4-2-3-5-16(14)23(25,26)27/h2-10,12H,11H2,1H3,(H,30,32). The maximum atomic E-state index is 14.6. The van der Waals surface area contributed by atoms with E-state index in [1.54, 1.807) is 19.1 Å². The summed E-state index contributed by atoms with van der Waals surface area (Å²) in [6.07, 6.45) is -2.47. The molecule has 0 saturated carbocycles. The Balaban J connectivity index is 1.72. The molecule has 168 valence electrons. The molecule has 2 aromatic carbocycles. The predicted molar refractivity (Wildman–Crippen MR) is 111 cm³/mol. The molecule has 0 atom stereocenters. The highest BCUT2D eigenvalue weighted by atomic mass is 19.4. The summed E-state index contributed by atoms with van der Waals surface area (Å²) < 4.78 is 59.6. The van der Waals surface area contributed by atoms with Gasteiger partial charge in [0.05, 0.1) is 23.2 Å². The number of aryl methyl sites for hydroxylation is 1. The Bertz CT molecular complexity index is 1300. The second-order valence-corrected chi connectivity index (χ2v) is 7.19. The molecule has 10 heteroatoms. The van der Waals surface area contributed by atoms with Gasteiger partial charge < -0.3 is 4.52 Å². The number of anilines is 1. The number of benzene rings is 2. The monoisotopic (exact) mass is 456 g/mol. The van der Waals surface area contributed by atoms with Crippen LogP contribution < -0.4 is 5.32 Å². The molecule has 1 amide bonds. The van der Waals surface area contributed by atoms with Crippen molar-refractivity contribution >= 4 is 11.8 Å². The van der Waals surface area contributed by atoms with E-state index in [0.717, 1.165) is 11.6 Å². The lowest BCUT2D eigenvalue weighted by Gasteiger charge is -2.12. The number of hydrogen-bond acceptors (Lipinski definition) is 5. The highest BCUT2D eigenvalue weighted by Gasteiger charge is 2.33. The number of rotatable bonds is 5. The Morgan fingerprint density at radius 2 is 1.91 bits per heavy atom. The third-order valence-corrected chi connectivity index (χ3v) is 4.83. The third kappa shape index (κ3) is 4.74. The van der Waals surface area contributed by atoms with Crippen LogP contribution in [0.2, 0.25) is 0 Å². The topological polar surface area (TPSA) is 80.9 Å². The van der Waals surface area contributed by atoms with Gasteiger partial charge in [0.1, 0.15) is 17.8 Å². The van der Waals surface area contributed by atoms with Gasteiger partial charge in [-0.1, -0.05) is 35.0 Å². The Morgan fingerprint density at radius 3 is 2.64 bits per heavy atom. The van der Waals surface area contributed by atoms with E-state index < -0.39 is 29.9 Å². The molecule has 0 fully saturated rings. The van der Waals surface area contributed by atoms with Crippen molar-refractivity contribution in [3.63, 3.8) is 0 Å². The smallest absolute Gasteiger partial charge is 0.337 e. The maximum absolute atomic E-state index is 14.6. The molecule has 0 aliphatic heterocycles. The van der Waals surface area contributed by atoms with Gasteiger partial charge in [-0.25, -0.2) is 14.4 Å². The van der Waals surface area contributed by atoms with E-state index in [1.165, 1.54) is 42.9 Å². The van der Waals surface area contributed by atoms with Gasteiger partial charge in [0.2, 0.25) is 11.8 Å². The molecular weight excluding hydrogens is 440 g/mol. The number of carbonyl (C=O) groups is 1. The van der Waals surface area contributed by atoms with E-state index in [0.29, 0.717) is 0 Å². The summed E-state index contributed by atoms with van der Waals surface area (Å²) in [6, 6.07) is 10.7. The van der Waals surface area contributed by atoms with E-state index in [4.69, 9.17) is 4.52 Å². The van der Waals surface area contributed by atoms with Gasteiger partial charge in [0.15, 0.2) is 0 Å². The molecule has 2 heterocycles. The molecule has 6 nitrogen and oxygen atoms in total. The van der Waals surface area contributed by atoms with Crippen molar-refractivity contribution in [3.8, 4) is 22.5 Å². The number of amides is 1. The molecule has 33 heavy (non-hydrogen) atoms. The minimum Gasteiger partial charge on any atom is -0.337 e. The van der Waals surface area contributed by atoms with E-state index >= 15 is 0 Å². The normalized spacial score (nSPS) is 11.4. The first kappa shape index (κ1) is 22.1. The molecule has 0 radical (unpaired) electrons. The summed E-state index contributed by atoms with van der Waals surface area (Å²) in [6.45, 7) is 1.77. The number of halogens is 4. The van der Waals surface area contributed by atoms with Crippen molar-refractivity contribution in [2.45, 2.75) is 19.5 Å². The van der Waals surface area contributed by atoms with Gasteiger partial charge in [-0.3, -0.25) is 10.1 Å². The van der Waals surface area contributed by atoms with Gasteiger partial charge in [-0.2, -0.15) is 13.2 Å². The zero-order valence-electron chi connectivity index (χ0n) is 17.2. The molecule has 0 spiro atoms. The Kier molecular flexibility index (Phi) is 5.91. The van der Waals surface area contributed by atoms with Crippen molar-refractivity contribution in [2.75, 3.05) is 5.32 Å². The quantitative estimate of drug-likeness (QED) is 0.404. The summed E-state index contributed by atoms with van der Waals surface area (Å²) >= 11 is 0. The van der Waals surface area contributed by atoms with Gasteiger partial charge in [-0.05, 0) is 36.8 Å². The van der Waals surface area contributed by atoms with Crippen LogP contribution >= 0.6 is 0 Å². The molecule has 0 unspecified atom stereocenters. The van der Waals surface area contributed by atoms with Crippen LogP contribution in [0.3, 0.4) is 0 Å². The lowest BCUT2D eigenvalue weighted by molar-refractivity contribution is -0.138. The highest BCUT2D eigenvalue weighted by molar-refractivity contribution is 5.97. The van der Waals surface area contributed by atoms with Crippen molar-refractivity contribution in [1.29, 1.82) is 0 Å². The molecule has 1 N–H and O–H groups in total. The highest BCUT2D eigenvalue weighted by Crippen LogP contribution is 2.38. The number of nitrogens with one attached hydrogen (secondary N) is 1. The molecule has 2 aromatic heterocycles. The van der Waals surface area contributed by atoms with Crippen LogP contribution in [0.15, 0.2) is 65.6 Å². The minimum absolute atomic E-state index is 0.0842. The first-order valence-corrected chi connectivity index (χ1v) is 9.71. The first-order chi connectivity index (χ1) is 15.7. The second kappa shape index (κ2) is 8.81. The first-order valence-electron chi connectivity index (χ1n) is 9.71. The summed E-state index contributed by atoms with van der Waals surface area (Å²) in [5, 5.41) is 6.35. The van der Waals surface area contributed by atoms with Crippen molar-refractivity contribution < 1.29 is 26.9 Å². The minimum atomic E-state index is -4.61. The summed E-state index contributed by atoms with van der Waals surface area (Å²) in [5.74, 6) is -1.50. The van der Waals surface area contributed by atoms with Crippen molar-refractivity contribution in [3.05, 3.63) is 83.6 Å². The maximum Gasteiger partial charge on any atom is 0.416 e. The van der Waals surface area contributed by atoms with Crippen LogP contribution in [0.4, 0.5) is 23.4 Å². The number of alkyl halides is 3. The molecule has 0 aliphatic carbocycles. The molecule has 0 saturated heterocycles. The molecule has 0 aliphatic rings. The van der Waals surface area contributed by atoms with Crippen molar-refractivity contribution in [1.82, 2.24) is 15.1 Å². The van der Waals surface area contributed by atoms with Crippen LogP contribution in [0.5, 0.6) is 0 Å². The summed E-state index contributed by atoms with van der Waals surface area (Å²) in [4.78, 5) is 20.6. The van der Waals surface area contributed by atoms with Crippen LogP contribution in [0, 0.1) is 12.7 Å². The Hall–Kier alpha value is -4.08. The van der Waals surface area contributed by atoms with E-state index in [9.17, 15) is 22.4 Å². The van der Waals surface area contributed by atoms with Crippen LogP contribution in [0.1, 0.15) is 16.7 Å². The largest absolute Gasteiger partial charge is 0.416 e. The van der Waals surface area contributed by atoms with Crippen LogP contribution in [-0.2, 0) is 17.4 Å². The number of hydrogen-bond donors (Lipinski definition) is 1. The Labute approximate surface area is 185 Å². The fraction of sp³-hybridized carbons (Fsp3) is 0.130. The molecule has 4 aromatic rings. The zero-order chi connectivity index (χ0) is 23.6. The van der Waals surface area contributed by atoms with E-state index in [1.807, 2.05) is 0 Å². The van der Waals surface area contributed by atoms with Gasteiger partial charge in [0, 0.05) is 11.8 Å². The lowest BCUT2D eigenvalue weighted by Crippen LogP contribution is -2.18. The molecular formula is C23H16F4N4O2. The van der Waals surface area contributed by atoms with Crippen LogP contribution in [0.25, 0.3) is 22.5 Å². The molecule has 0 bridgehead atoms. The average molecular weight is 456 g/mol. The van der Waals surface area contributed by atoms with Gasteiger partial charge >= 0.3 is 6.18 Å². The lowest BCUT2D eigenvalue weighted by atomic mass is 10.0. The van der Waals surface area contributed by atoms with Crippen LogP contribution in [-0.4, -0.2) is 21.0 Å².